The number of amides is 1. The van der Waals surface area contributed by atoms with Gasteiger partial charge in [0.25, 0.3) is 5.91 Å². The molecule has 2 aromatic heterocycles. The smallest absolute Gasteiger partial charge is 0.254 e. The normalized spacial score (nSPS) is 11.0. The highest BCUT2D eigenvalue weighted by Crippen LogP contribution is 2.32. The van der Waals surface area contributed by atoms with Crippen molar-refractivity contribution in [2.45, 2.75) is 20.4 Å². The number of benzene rings is 2. The summed E-state index contributed by atoms with van der Waals surface area (Å²) < 4.78 is 20.8. The Bertz CT molecular complexity index is 1360. The molecule has 2 radical (unpaired) electrons. The van der Waals surface area contributed by atoms with Crippen LogP contribution in [0, 0.1) is 12.7 Å². The zero-order valence-electron chi connectivity index (χ0n) is 18.6. The standard InChI is InChI=1S/C24H22BFN4O3/c1-4-33-22-10-16(5-7-18(22)15-6-8-20(25)21(26)9-15)24(31)29(3)12-17-13-30(32)14(2)19-11-27-28-23(17)19/h5-11,13,32H,4,12H2,1-3H3/p+1. The largest absolute Gasteiger partial charge is 0.493 e. The molecule has 0 bridgehead atoms. The quantitative estimate of drug-likeness (QED) is 0.272. The Morgan fingerprint density at radius 2 is 2.09 bits per heavy atom. The number of hydrogen-bond donors (Lipinski definition) is 2. The molecule has 1 amide bonds. The van der Waals surface area contributed by atoms with Crippen LogP contribution in [0.25, 0.3) is 22.0 Å². The average molecular weight is 445 g/mol. The van der Waals surface area contributed by atoms with Crippen molar-refractivity contribution in [3.8, 4) is 16.9 Å². The number of nitrogens with zero attached hydrogens (tertiary/aromatic N) is 3. The highest BCUT2D eigenvalue weighted by Gasteiger charge is 2.21. The van der Waals surface area contributed by atoms with Crippen LogP contribution >= 0.6 is 0 Å². The van der Waals surface area contributed by atoms with Crippen molar-refractivity contribution in [1.29, 1.82) is 0 Å². The van der Waals surface area contributed by atoms with Crippen molar-refractivity contribution in [1.82, 2.24) is 15.1 Å². The highest BCUT2D eigenvalue weighted by molar-refractivity contribution is 6.32. The van der Waals surface area contributed by atoms with E-state index in [1.165, 1.54) is 12.1 Å². The van der Waals surface area contributed by atoms with Gasteiger partial charge in [0.15, 0.2) is 0 Å². The first-order valence-electron chi connectivity index (χ1n) is 10.4. The van der Waals surface area contributed by atoms with E-state index in [2.05, 4.69) is 10.2 Å². The van der Waals surface area contributed by atoms with Crippen LogP contribution in [0.5, 0.6) is 5.75 Å². The SMILES string of the molecule is [B]c1ccc(-c2ccc(C(=O)N(C)Cc3c[n+](O)c(C)c4cn[nH]c34)cc2OCC)cc1F. The van der Waals surface area contributed by atoms with E-state index in [9.17, 15) is 14.4 Å². The van der Waals surface area contributed by atoms with Crippen LogP contribution in [0.4, 0.5) is 4.39 Å². The fraction of sp³-hybridized carbons (Fsp3) is 0.208. The predicted octanol–water partition coefficient (Wildman–Crippen LogP) is 2.67. The lowest BCUT2D eigenvalue weighted by molar-refractivity contribution is -0.908. The third-order valence-corrected chi connectivity index (χ3v) is 5.57. The van der Waals surface area contributed by atoms with Crippen LogP contribution in [0.2, 0.25) is 0 Å². The second kappa shape index (κ2) is 8.93. The molecular weight excluding hydrogens is 422 g/mol. The highest BCUT2D eigenvalue weighted by atomic mass is 19.1. The fourth-order valence-electron chi connectivity index (χ4n) is 3.77. The molecule has 2 N–H and O–H groups in total. The van der Waals surface area contributed by atoms with Crippen LogP contribution in [0.3, 0.4) is 0 Å². The Morgan fingerprint density at radius 1 is 1.30 bits per heavy atom. The summed E-state index contributed by atoms with van der Waals surface area (Å²) in [5.74, 6) is -0.275. The van der Waals surface area contributed by atoms with Gasteiger partial charge in [-0.15, -0.1) is 0 Å². The zero-order chi connectivity index (χ0) is 23.7. The van der Waals surface area contributed by atoms with E-state index < -0.39 is 5.82 Å². The van der Waals surface area contributed by atoms with Crippen molar-refractivity contribution in [3.05, 3.63) is 71.4 Å². The maximum Gasteiger partial charge on any atom is 0.254 e. The third-order valence-electron chi connectivity index (χ3n) is 5.57. The van der Waals surface area contributed by atoms with Gasteiger partial charge in [-0.25, -0.2) is 4.39 Å². The van der Waals surface area contributed by atoms with Crippen molar-refractivity contribution in [2.75, 3.05) is 13.7 Å². The molecule has 0 saturated heterocycles. The lowest BCUT2D eigenvalue weighted by atomic mass is 9.92. The van der Waals surface area contributed by atoms with Crippen molar-refractivity contribution >= 4 is 30.1 Å². The first kappa shape index (κ1) is 22.3. The lowest BCUT2D eigenvalue weighted by Crippen LogP contribution is -2.35. The monoisotopic (exact) mass is 445 g/mol. The van der Waals surface area contributed by atoms with Gasteiger partial charge in [-0.05, 0) is 36.8 Å². The summed E-state index contributed by atoms with van der Waals surface area (Å²) in [6, 6.07) is 9.62. The number of rotatable bonds is 6. The summed E-state index contributed by atoms with van der Waals surface area (Å²) in [4.78, 5) is 14.7. The molecular formula is C24H23BFN4O3+. The van der Waals surface area contributed by atoms with Crippen molar-refractivity contribution in [2.24, 2.45) is 0 Å². The van der Waals surface area contributed by atoms with E-state index >= 15 is 0 Å². The molecule has 9 heteroatoms. The minimum absolute atomic E-state index is 0.0665. The molecule has 2 heterocycles. The first-order valence-corrected chi connectivity index (χ1v) is 10.4. The molecule has 166 valence electrons. The number of aromatic nitrogens is 3. The minimum Gasteiger partial charge on any atom is -0.493 e. The van der Waals surface area contributed by atoms with Crippen LogP contribution < -0.4 is 14.9 Å². The van der Waals surface area contributed by atoms with Crippen molar-refractivity contribution < 1.29 is 23.9 Å². The minimum atomic E-state index is -0.515. The Kier molecular flexibility index (Phi) is 6.04. The van der Waals surface area contributed by atoms with E-state index in [-0.39, 0.29) is 17.9 Å². The van der Waals surface area contributed by atoms with Crippen molar-refractivity contribution in [3.63, 3.8) is 0 Å². The molecule has 0 spiro atoms. The molecule has 0 fully saturated rings. The number of aromatic amines is 1. The Morgan fingerprint density at radius 3 is 2.82 bits per heavy atom. The van der Waals surface area contributed by atoms with E-state index in [1.54, 1.807) is 55.5 Å². The van der Waals surface area contributed by atoms with Gasteiger partial charge in [0, 0.05) is 29.8 Å². The molecule has 4 rings (SSSR count). The van der Waals surface area contributed by atoms with Crippen LogP contribution in [0.15, 0.2) is 48.8 Å². The molecule has 33 heavy (non-hydrogen) atoms. The molecule has 0 aliphatic rings. The molecule has 0 aliphatic heterocycles. The molecule has 0 aliphatic carbocycles. The summed E-state index contributed by atoms with van der Waals surface area (Å²) in [5.41, 5.74) is 3.87. The average Bonchev–Trinajstić information content (AvgIpc) is 3.29. The fourth-order valence-corrected chi connectivity index (χ4v) is 3.77. The van der Waals surface area contributed by atoms with E-state index in [0.717, 1.165) is 15.6 Å². The van der Waals surface area contributed by atoms with Gasteiger partial charge in [0.1, 0.15) is 19.4 Å². The maximum absolute atomic E-state index is 14.0. The predicted molar refractivity (Wildman–Crippen MR) is 122 cm³/mol. The molecule has 0 unspecified atom stereocenters. The summed E-state index contributed by atoms with van der Waals surface area (Å²) in [7, 11) is 7.27. The first-order chi connectivity index (χ1) is 15.8. The number of hydrogen-bond acceptors (Lipinski definition) is 4. The van der Waals surface area contributed by atoms with Gasteiger partial charge >= 0.3 is 0 Å². The summed E-state index contributed by atoms with van der Waals surface area (Å²) in [6.07, 6.45) is 3.19. The second-order valence-electron chi connectivity index (χ2n) is 7.78. The van der Waals surface area contributed by atoms with Gasteiger partial charge in [-0.3, -0.25) is 15.1 Å². The molecule has 4 aromatic rings. The van der Waals surface area contributed by atoms with Gasteiger partial charge in [0.05, 0.1) is 35.8 Å². The van der Waals surface area contributed by atoms with Gasteiger partial charge < -0.3 is 9.64 Å². The number of carbonyl (C=O) groups excluding carboxylic acids is 1. The number of pyridine rings is 1. The maximum atomic E-state index is 14.0. The van der Waals surface area contributed by atoms with Crippen LogP contribution in [-0.2, 0) is 6.54 Å². The number of aryl methyl sites for hydroxylation is 1. The van der Waals surface area contributed by atoms with E-state index in [0.29, 0.717) is 40.3 Å². The van der Waals surface area contributed by atoms with Crippen LogP contribution in [-0.4, -0.2) is 47.7 Å². The number of ether oxygens (including phenoxy) is 1. The van der Waals surface area contributed by atoms with E-state index in [1.807, 2.05) is 6.92 Å². The summed E-state index contributed by atoms with van der Waals surface area (Å²) in [5, 5.41) is 17.9. The number of fused-ring (bicyclic) bond motifs is 1. The number of nitrogens with one attached hydrogen (secondary N) is 1. The molecule has 7 nitrogen and oxygen atoms in total. The topological polar surface area (TPSA) is 82.3 Å². The molecule has 0 atom stereocenters. The number of halogens is 1. The van der Waals surface area contributed by atoms with Gasteiger partial charge in [0.2, 0.25) is 11.9 Å². The zero-order valence-corrected chi connectivity index (χ0v) is 18.6. The third kappa shape index (κ3) is 4.26. The Balaban J connectivity index is 1.64. The Hall–Kier alpha value is -3.88. The summed E-state index contributed by atoms with van der Waals surface area (Å²) in [6.45, 7) is 4.24. The number of H-pyrrole nitrogens is 1. The van der Waals surface area contributed by atoms with Gasteiger partial charge in [-0.2, -0.15) is 5.10 Å². The molecule has 2 aromatic carbocycles. The summed E-state index contributed by atoms with van der Waals surface area (Å²) >= 11 is 0. The molecule has 0 saturated carbocycles. The Labute approximate surface area is 191 Å². The van der Waals surface area contributed by atoms with Gasteiger partial charge in [-0.1, -0.05) is 17.6 Å². The number of carbonyl (C=O) groups is 1. The van der Waals surface area contributed by atoms with Crippen LogP contribution in [0.1, 0.15) is 28.5 Å². The second-order valence-corrected chi connectivity index (χ2v) is 7.78. The van der Waals surface area contributed by atoms with E-state index in [4.69, 9.17) is 12.6 Å². The lowest BCUT2D eigenvalue weighted by Gasteiger charge is -2.19.